The molecule has 1 saturated heterocycles. The van der Waals surface area contributed by atoms with Gasteiger partial charge in [-0.05, 0) is 50.3 Å². The number of likely N-dealkylation sites (tertiary alicyclic amines) is 1. The van der Waals surface area contributed by atoms with Crippen LogP contribution in [-0.4, -0.2) is 63.4 Å². The van der Waals surface area contributed by atoms with Gasteiger partial charge in [-0.25, -0.2) is 0 Å². The van der Waals surface area contributed by atoms with Crippen molar-refractivity contribution in [3.63, 3.8) is 0 Å². The number of nitrogens with one attached hydrogen (secondary N) is 2. The topological polar surface area (TPSA) is 105 Å². The Kier molecular flexibility index (Phi) is 6.99. The molecule has 0 bridgehead atoms. The molecule has 2 aromatic heterocycles. The Balaban J connectivity index is 1.28. The highest BCUT2D eigenvalue weighted by atomic mass is 19.4. The molecule has 2 amide bonds. The van der Waals surface area contributed by atoms with Gasteiger partial charge in [0.15, 0.2) is 11.4 Å². The first kappa shape index (κ1) is 24.6. The first-order chi connectivity index (χ1) is 16.7. The Morgan fingerprint density at radius 3 is 2.63 bits per heavy atom. The molecule has 0 aliphatic carbocycles. The molecule has 4 rings (SSSR count). The molecular weight excluding hydrogens is 465 g/mol. The van der Waals surface area contributed by atoms with Crippen LogP contribution in [0.25, 0.3) is 10.9 Å². The van der Waals surface area contributed by atoms with Crippen molar-refractivity contribution in [2.24, 2.45) is 5.92 Å². The molecule has 0 saturated carbocycles. The van der Waals surface area contributed by atoms with Crippen LogP contribution in [0.1, 0.15) is 52.9 Å². The smallest absolute Gasteiger partial charge is 0.435 e. The lowest BCUT2D eigenvalue weighted by molar-refractivity contribution is -0.141. The van der Waals surface area contributed by atoms with Gasteiger partial charge in [0.2, 0.25) is 0 Å². The van der Waals surface area contributed by atoms with Gasteiger partial charge in [0.25, 0.3) is 11.8 Å². The number of alkyl halides is 3. The SMILES string of the molecule is CCn1nc(C(F)(F)F)cc1C(=O)N1CCC(CCNC(=O)c2n[nH]c3ccc(OC)cc23)CC1. The van der Waals surface area contributed by atoms with E-state index in [0.717, 1.165) is 22.7 Å². The number of methoxy groups -OCH3 is 1. The minimum Gasteiger partial charge on any atom is -0.497 e. The summed E-state index contributed by atoms with van der Waals surface area (Å²) in [6.07, 6.45) is -2.46. The minimum atomic E-state index is -4.60. The number of carbonyl (C=O) groups is 2. The summed E-state index contributed by atoms with van der Waals surface area (Å²) in [5.41, 5.74) is -0.0744. The highest BCUT2D eigenvalue weighted by Crippen LogP contribution is 2.29. The van der Waals surface area contributed by atoms with Crippen LogP contribution in [0.4, 0.5) is 13.2 Å². The lowest BCUT2D eigenvalue weighted by atomic mass is 9.93. The molecule has 35 heavy (non-hydrogen) atoms. The maximum atomic E-state index is 13.0. The maximum absolute atomic E-state index is 13.0. The number of hydrogen-bond donors (Lipinski definition) is 2. The number of benzene rings is 1. The molecule has 12 heteroatoms. The Bertz CT molecular complexity index is 1210. The summed E-state index contributed by atoms with van der Waals surface area (Å²) in [4.78, 5) is 27.0. The Labute approximate surface area is 199 Å². The van der Waals surface area contributed by atoms with E-state index in [0.29, 0.717) is 49.3 Å². The Morgan fingerprint density at radius 2 is 1.97 bits per heavy atom. The van der Waals surface area contributed by atoms with E-state index >= 15 is 0 Å². The van der Waals surface area contributed by atoms with Crippen molar-refractivity contribution in [3.8, 4) is 5.75 Å². The lowest BCUT2D eigenvalue weighted by Crippen LogP contribution is -2.40. The summed E-state index contributed by atoms with van der Waals surface area (Å²) in [6, 6.07) is 6.15. The van der Waals surface area contributed by atoms with E-state index < -0.39 is 17.8 Å². The number of carbonyl (C=O) groups excluding carboxylic acids is 2. The third-order valence-electron chi connectivity index (χ3n) is 6.31. The van der Waals surface area contributed by atoms with Crippen LogP contribution in [0.2, 0.25) is 0 Å². The van der Waals surface area contributed by atoms with Crippen molar-refractivity contribution in [2.45, 2.75) is 38.9 Å². The van der Waals surface area contributed by atoms with E-state index in [1.807, 2.05) is 0 Å². The van der Waals surface area contributed by atoms with E-state index in [-0.39, 0.29) is 24.1 Å². The number of piperidine rings is 1. The molecule has 1 fully saturated rings. The predicted octanol–water partition coefficient (Wildman–Crippen LogP) is 3.48. The zero-order valence-electron chi connectivity index (χ0n) is 19.5. The maximum Gasteiger partial charge on any atom is 0.435 e. The van der Waals surface area contributed by atoms with Crippen molar-refractivity contribution in [1.29, 1.82) is 0 Å². The molecule has 2 N–H and O–H groups in total. The highest BCUT2D eigenvalue weighted by Gasteiger charge is 2.36. The summed E-state index contributed by atoms with van der Waals surface area (Å²) < 4.78 is 45.3. The second kappa shape index (κ2) is 9.96. The van der Waals surface area contributed by atoms with Gasteiger partial charge in [0.1, 0.15) is 11.4 Å². The third-order valence-corrected chi connectivity index (χ3v) is 6.31. The van der Waals surface area contributed by atoms with Crippen LogP contribution in [0, 0.1) is 5.92 Å². The fourth-order valence-corrected chi connectivity index (χ4v) is 4.32. The standard InChI is InChI=1S/C23H27F3N6O3/c1-3-32-18(13-19(30-32)23(24,25)26)22(34)31-10-7-14(8-11-31)6-9-27-21(33)20-16-12-15(35-2)4-5-17(16)28-29-20/h4-5,12-14H,3,6-11H2,1-2H3,(H,27,33)(H,28,29). The Hall–Kier alpha value is -3.57. The number of fused-ring (bicyclic) bond motifs is 1. The average molecular weight is 493 g/mol. The van der Waals surface area contributed by atoms with Gasteiger partial charge in [-0.2, -0.15) is 23.4 Å². The summed E-state index contributed by atoms with van der Waals surface area (Å²) >= 11 is 0. The first-order valence-electron chi connectivity index (χ1n) is 11.5. The molecule has 1 aliphatic rings. The predicted molar refractivity (Wildman–Crippen MR) is 121 cm³/mol. The number of aromatic nitrogens is 4. The Morgan fingerprint density at radius 1 is 1.23 bits per heavy atom. The van der Waals surface area contributed by atoms with Crippen LogP contribution in [0.5, 0.6) is 5.75 Å². The molecule has 0 spiro atoms. The van der Waals surface area contributed by atoms with Gasteiger partial charge in [-0.3, -0.25) is 19.4 Å². The van der Waals surface area contributed by atoms with Gasteiger partial charge < -0.3 is 15.0 Å². The molecule has 1 aliphatic heterocycles. The number of ether oxygens (including phenoxy) is 1. The van der Waals surface area contributed by atoms with Crippen molar-refractivity contribution in [3.05, 3.63) is 41.3 Å². The molecule has 0 atom stereocenters. The van der Waals surface area contributed by atoms with E-state index in [9.17, 15) is 22.8 Å². The van der Waals surface area contributed by atoms with E-state index in [1.165, 1.54) is 0 Å². The largest absolute Gasteiger partial charge is 0.497 e. The van der Waals surface area contributed by atoms with Gasteiger partial charge in [0.05, 0.1) is 12.6 Å². The highest BCUT2D eigenvalue weighted by molar-refractivity contribution is 6.05. The number of aromatic amines is 1. The summed E-state index contributed by atoms with van der Waals surface area (Å²) in [6.45, 7) is 3.15. The molecule has 9 nitrogen and oxygen atoms in total. The molecule has 3 aromatic rings. The van der Waals surface area contributed by atoms with Crippen LogP contribution in [-0.2, 0) is 12.7 Å². The quantitative estimate of drug-likeness (QED) is 0.526. The average Bonchev–Trinajstić information content (AvgIpc) is 3.48. The number of H-pyrrole nitrogens is 1. The lowest BCUT2D eigenvalue weighted by Gasteiger charge is -2.32. The minimum absolute atomic E-state index is 0.0478. The second-order valence-corrected chi connectivity index (χ2v) is 8.49. The normalized spacial score (nSPS) is 14.9. The summed E-state index contributed by atoms with van der Waals surface area (Å²) in [5.74, 6) is 0.191. The number of aryl methyl sites for hydroxylation is 1. The van der Waals surface area contributed by atoms with Crippen LogP contribution >= 0.6 is 0 Å². The summed E-state index contributed by atoms with van der Waals surface area (Å²) in [5, 5.41) is 14.0. The van der Waals surface area contributed by atoms with Crippen molar-refractivity contribution >= 4 is 22.7 Å². The molecule has 0 radical (unpaired) electrons. The fraction of sp³-hybridized carbons (Fsp3) is 0.478. The second-order valence-electron chi connectivity index (χ2n) is 8.49. The van der Waals surface area contributed by atoms with Crippen LogP contribution in [0.3, 0.4) is 0 Å². The zero-order valence-corrected chi connectivity index (χ0v) is 19.5. The monoisotopic (exact) mass is 492 g/mol. The van der Waals surface area contributed by atoms with Gasteiger partial charge in [-0.1, -0.05) is 0 Å². The van der Waals surface area contributed by atoms with E-state index in [2.05, 4.69) is 20.6 Å². The summed E-state index contributed by atoms with van der Waals surface area (Å²) in [7, 11) is 1.55. The third kappa shape index (κ3) is 5.25. The van der Waals surface area contributed by atoms with Crippen molar-refractivity contribution in [1.82, 2.24) is 30.2 Å². The van der Waals surface area contributed by atoms with E-state index in [4.69, 9.17) is 4.74 Å². The van der Waals surface area contributed by atoms with Crippen molar-refractivity contribution in [2.75, 3.05) is 26.7 Å². The first-order valence-corrected chi connectivity index (χ1v) is 11.5. The number of rotatable bonds is 7. The number of halogens is 3. The van der Waals surface area contributed by atoms with Gasteiger partial charge >= 0.3 is 6.18 Å². The molecule has 0 unspecified atom stereocenters. The van der Waals surface area contributed by atoms with Crippen LogP contribution in [0.15, 0.2) is 24.3 Å². The van der Waals surface area contributed by atoms with E-state index in [1.54, 1.807) is 37.1 Å². The van der Waals surface area contributed by atoms with Gasteiger partial charge in [0, 0.05) is 37.6 Å². The van der Waals surface area contributed by atoms with Gasteiger partial charge in [-0.15, -0.1) is 0 Å². The molecule has 1 aromatic carbocycles. The van der Waals surface area contributed by atoms with Crippen molar-refractivity contribution < 1.29 is 27.5 Å². The van der Waals surface area contributed by atoms with Crippen LogP contribution < -0.4 is 10.1 Å². The molecule has 188 valence electrons. The number of amides is 2. The molecule has 3 heterocycles. The number of hydrogen-bond acceptors (Lipinski definition) is 5. The fourth-order valence-electron chi connectivity index (χ4n) is 4.32. The zero-order chi connectivity index (χ0) is 25.2. The molecular formula is C23H27F3N6O3. The number of nitrogens with zero attached hydrogens (tertiary/aromatic N) is 4.